The summed E-state index contributed by atoms with van der Waals surface area (Å²) in [6.45, 7) is 1.66. The van der Waals surface area contributed by atoms with Crippen molar-refractivity contribution in [3.63, 3.8) is 0 Å². The zero-order valence-electron chi connectivity index (χ0n) is 15.7. The predicted molar refractivity (Wildman–Crippen MR) is 106 cm³/mol. The summed E-state index contributed by atoms with van der Waals surface area (Å²) in [6.07, 6.45) is -3.47. The minimum Gasteiger partial charge on any atom is -0.369 e. The Morgan fingerprint density at radius 1 is 1.00 bits per heavy atom. The number of hydrogen-bond donors (Lipinski definition) is 2. The number of nitrogens with one attached hydrogen (secondary N) is 2. The van der Waals surface area contributed by atoms with E-state index in [4.69, 9.17) is 0 Å². The maximum absolute atomic E-state index is 12.9. The Hall–Kier alpha value is -2.87. The van der Waals surface area contributed by atoms with E-state index in [-0.39, 0.29) is 11.6 Å². The van der Waals surface area contributed by atoms with Crippen LogP contribution in [0.15, 0.2) is 48.5 Å². The van der Waals surface area contributed by atoms with Crippen molar-refractivity contribution < 1.29 is 13.2 Å². The minimum absolute atomic E-state index is 0.244. The fourth-order valence-corrected chi connectivity index (χ4v) is 2.77. The number of halogens is 3. The Morgan fingerprint density at radius 2 is 1.79 bits per heavy atom. The molecule has 0 unspecified atom stereocenters. The van der Waals surface area contributed by atoms with Crippen LogP contribution in [0, 0.1) is 0 Å². The van der Waals surface area contributed by atoms with Crippen LogP contribution < -0.4 is 10.6 Å². The first-order valence-electron chi connectivity index (χ1n) is 8.92. The lowest BCUT2D eigenvalue weighted by Gasteiger charge is -2.14. The van der Waals surface area contributed by atoms with Crippen LogP contribution in [0.25, 0.3) is 10.9 Å². The van der Waals surface area contributed by atoms with Crippen molar-refractivity contribution >= 4 is 28.4 Å². The lowest BCUT2D eigenvalue weighted by Crippen LogP contribution is -2.17. The molecule has 0 aliphatic carbocycles. The molecule has 0 saturated heterocycles. The Balaban J connectivity index is 1.85. The molecule has 3 aromatic rings. The molecule has 1 aromatic heterocycles. The van der Waals surface area contributed by atoms with E-state index in [2.05, 4.69) is 25.5 Å². The summed E-state index contributed by atoms with van der Waals surface area (Å²) in [7, 11) is 4.02. The van der Waals surface area contributed by atoms with Crippen molar-refractivity contribution in [2.24, 2.45) is 0 Å². The van der Waals surface area contributed by atoms with Crippen LogP contribution in [-0.4, -0.2) is 42.1 Å². The fourth-order valence-electron chi connectivity index (χ4n) is 2.77. The highest BCUT2D eigenvalue weighted by Crippen LogP contribution is 2.31. The molecule has 0 spiro atoms. The lowest BCUT2D eigenvalue weighted by atomic mass is 10.2. The van der Waals surface area contributed by atoms with Gasteiger partial charge in [-0.05, 0) is 57.4 Å². The molecule has 0 fully saturated rings. The summed E-state index contributed by atoms with van der Waals surface area (Å²) in [6, 6.07) is 12.5. The molecule has 5 nitrogen and oxygen atoms in total. The molecular weight excluding hydrogens is 367 g/mol. The third-order valence-corrected chi connectivity index (χ3v) is 4.12. The van der Waals surface area contributed by atoms with E-state index >= 15 is 0 Å². The summed E-state index contributed by atoms with van der Waals surface area (Å²) >= 11 is 0. The van der Waals surface area contributed by atoms with E-state index in [1.54, 1.807) is 6.07 Å². The molecule has 0 radical (unpaired) electrons. The molecular formula is C20H22F3N5. The molecule has 0 aliphatic heterocycles. The first kappa shape index (κ1) is 19.9. The molecule has 0 atom stereocenters. The van der Waals surface area contributed by atoms with Gasteiger partial charge in [0.15, 0.2) is 0 Å². The Morgan fingerprint density at radius 3 is 2.54 bits per heavy atom. The fraction of sp³-hybridized carbons (Fsp3) is 0.300. The van der Waals surface area contributed by atoms with Gasteiger partial charge in [-0.2, -0.15) is 18.2 Å². The van der Waals surface area contributed by atoms with Crippen LogP contribution in [-0.2, 0) is 6.18 Å². The van der Waals surface area contributed by atoms with Gasteiger partial charge in [-0.1, -0.05) is 18.2 Å². The van der Waals surface area contributed by atoms with Crippen molar-refractivity contribution in [3.05, 3.63) is 54.1 Å². The molecule has 0 bridgehead atoms. The largest absolute Gasteiger partial charge is 0.416 e. The normalized spacial score (nSPS) is 11.8. The average Bonchev–Trinajstić information content (AvgIpc) is 2.64. The van der Waals surface area contributed by atoms with Gasteiger partial charge in [-0.3, -0.25) is 0 Å². The topological polar surface area (TPSA) is 53.1 Å². The smallest absolute Gasteiger partial charge is 0.369 e. The first-order chi connectivity index (χ1) is 13.3. The van der Waals surface area contributed by atoms with Gasteiger partial charge in [0.25, 0.3) is 0 Å². The number of fused-ring (bicyclic) bond motifs is 1. The zero-order valence-corrected chi connectivity index (χ0v) is 15.7. The first-order valence-corrected chi connectivity index (χ1v) is 8.92. The van der Waals surface area contributed by atoms with Crippen molar-refractivity contribution in [3.8, 4) is 0 Å². The summed E-state index contributed by atoms with van der Waals surface area (Å²) in [4.78, 5) is 11.0. The van der Waals surface area contributed by atoms with Crippen LogP contribution in [0.4, 0.5) is 30.6 Å². The highest BCUT2D eigenvalue weighted by molar-refractivity contribution is 5.90. The van der Waals surface area contributed by atoms with Crippen molar-refractivity contribution in [2.75, 3.05) is 37.8 Å². The van der Waals surface area contributed by atoms with E-state index in [1.165, 1.54) is 6.07 Å². The average molecular weight is 389 g/mol. The number of para-hydroxylation sites is 1. The molecule has 28 heavy (non-hydrogen) atoms. The maximum atomic E-state index is 12.9. The van der Waals surface area contributed by atoms with Gasteiger partial charge in [-0.15, -0.1) is 0 Å². The number of aromatic nitrogens is 2. The molecule has 0 amide bonds. The number of nitrogens with zero attached hydrogens (tertiary/aromatic N) is 3. The van der Waals surface area contributed by atoms with Gasteiger partial charge >= 0.3 is 6.18 Å². The lowest BCUT2D eigenvalue weighted by molar-refractivity contribution is -0.137. The van der Waals surface area contributed by atoms with Gasteiger partial charge < -0.3 is 15.5 Å². The second-order valence-electron chi connectivity index (χ2n) is 6.70. The highest BCUT2D eigenvalue weighted by atomic mass is 19.4. The Labute approximate surface area is 161 Å². The monoisotopic (exact) mass is 389 g/mol. The number of anilines is 3. The van der Waals surface area contributed by atoms with Gasteiger partial charge in [0.2, 0.25) is 5.95 Å². The van der Waals surface area contributed by atoms with Crippen LogP contribution in [0.2, 0.25) is 0 Å². The van der Waals surface area contributed by atoms with E-state index < -0.39 is 11.7 Å². The summed E-state index contributed by atoms with van der Waals surface area (Å²) in [5, 5.41) is 7.06. The SMILES string of the molecule is CN(C)CCCNc1nc(Nc2cccc(C(F)(F)F)c2)nc2ccccc12. The van der Waals surface area contributed by atoms with E-state index in [0.717, 1.165) is 37.0 Å². The third kappa shape index (κ3) is 5.10. The third-order valence-electron chi connectivity index (χ3n) is 4.12. The van der Waals surface area contributed by atoms with Crippen LogP contribution in [0.3, 0.4) is 0 Å². The quantitative estimate of drug-likeness (QED) is 0.571. The van der Waals surface area contributed by atoms with Crippen molar-refractivity contribution in [2.45, 2.75) is 12.6 Å². The molecule has 148 valence electrons. The summed E-state index contributed by atoms with van der Waals surface area (Å²) < 4.78 is 38.8. The Bertz CT molecular complexity index is 941. The van der Waals surface area contributed by atoms with E-state index in [1.807, 2.05) is 38.4 Å². The van der Waals surface area contributed by atoms with Gasteiger partial charge in [0.1, 0.15) is 5.82 Å². The number of rotatable bonds is 7. The van der Waals surface area contributed by atoms with E-state index in [0.29, 0.717) is 11.3 Å². The maximum Gasteiger partial charge on any atom is 0.416 e. The van der Waals surface area contributed by atoms with E-state index in [9.17, 15) is 13.2 Å². The molecule has 2 aromatic carbocycles. The second-order valence-corrected chi connectivity index (χ2v) is 6.70. The van der Waals surface area contributed by atoms with Crippen molar-refractivity contribution in [1.82, 2.24) is 14.9 Å². The predicted octanol–water partition coefficient (Wildman–Crippen LogP) is 4.76. The number of benzene rings is 2. The number of alkyl halides is 3. The molecule has 8 heteroatoms. The minimum atomic E-state index is -4.40. The zero-order chi connectivity index (χ0) is 20.1. The van der Waals surface area contributed by atoms with Crippen LogP contribution >= 0.6 is 0 Å². The van der Waals surface area contributed by atoms with Gasteiger partial charge in [0.05, 0.1) is 11.1 Å². The van der Waals surface area contributed by atoms with Crippen LogP contribution in [0.1, 0.15) is 12.0 Å². The summed E-state index contributed by atoms with van der Waals surface area (Å²) in [5.74, 6) is 0.895. The second kappa shape index (κ2) is 8.43. The Kier molecular flexibility index (Phi) is 5.99. The molecule has 1 heterocycles. The molecule has 2 N–H and O–H groups in total. The van der Waals surface area contributed by atoms with Gasteiger partial charge in [0, 0.05) is 17.6 Å². The number of hydrogen-bond acceptors (Lipinski definition) is 5. The van der Waals surface area contributed by atoms with Crippen molar-refractivity contribution in [1.29, 1.82) is 0 Å². The summed E-state index contributed by atoms with van der Waals surface area (Å²) in [5.41, 5.74) is 0.270. The van der Waals surface area contributed by atoms with Crippen LogP contribution in [0.5, 0.6) is 0 Å². The van der Waals surface area contributed by atoms with Gasteiger partial charge in [-0.25, -0.2) is 4.98 Å². The molecule has 0 aliphatic rings. The highest BCUT2D eigenvalue weighted by Gasteiger charge is 2.30. The molecule has 0 saturated carbocycles. The molecule has 3 rings (SSSR count). The standard InChI is InChI=1S/C20H22F3N5/c1-28(2)12-6-11-24-18-16-9-3-4-10-17(16)26-19(27-18)25-15-8-5-7-14(13-15)20(21,22)23/h3-5,7-10,13H,6,11-12H2,1-2H3,(H2,24,25,26,27).